The van der Waals surface area contributed by atoms with Crippen LogP contribution in [0.25, 0.3) is 16.5 Å². The molecule has 2 fully saturated rings. The molecule has 0 radical (unpaired) electrons. The number of rotatable bonds is 6. The predicted octanol–water partition coefficient (Wildman–Crippen LogP) is 4.72. The molecule has 0 bridgehead atoms. The van der Waals surface area contributed by atoms with E-state index in [2.05, 4.69) is 10.1 Å². The van der Waals surface area contributed by atoms with Crippen LogP contribution in [0, 0.1) is 17.7 Å². The van der Waals surface area contributed by atoms with Gasteiger partial charge in [0, 0.05) is 34.4 Å². The van der Waals surface area contributed by atoms with E-state index in [0.29, 0.717) is 6.54 Å². The maximum atomic E-state index is 16.2. The molecule has 0 unspecified atom stereocenters. The molecule has 4 atom stereocenters. The lowest BCUT2D eigenvalue weighted by atomic mass is 9.57. The Kier molecular flexibility index (Phi) is 6.80. The van der Waals surface area contributed by atoms with E-state index in [1.54, 1.807) is 31.1 Å². The second-order valence-electron chi connectivity index (χ2n) is 13.4. The first kappa shape index (κ1) is 29.8. The third-order valence-corrected chi connectivity index (χ3v) is 10.4. The number of ether oxygens (including phenoxy) is 1. The van der Waals surface area contributed by atoms with Crippen LogP contribution in [0.3, 0.4) is 0 Å². The Labute approximate surface area is 269 Å². The van der Waals surface area contributed by atoms with E-state index in [1.807, 2.05) is 36.4 Å². The first-order valence-electron chi connectivity index (χ1n) is 15.9. The quantitative estimate of drug-likeness (QED) is 0.254. The number of aliphatic hydroxyl groups excluding tert-OH is 1. The van der Waals surface area contributed by atoms with E-state index in [-0.39, 0.29) is 69.9 Å². The molecule has 1 aromatic heterocycles. The fourth-order valence-corrected chi connectivity index (χ4v) is 8.01. The predicted molar refractivity (Wildman–Crippen MR) is 168 cm³/mol. The molecule has 2 heterocycles. The monoisotopic (exact) mass is 639 g/mol. The highest BCUT2D eigenvalue weighted by molar-refractivity contribution is 6.26. The van der Waals surface area contributed by atoms with Gasteiger partial charge in [-0.2, -0.15) is 0 Å². The van der Waals surface area contributed by atoms with E-state index in [9.17, 15) is 24.9 Å². The van der Waals surface area contributed by atoms with Gasteiger partial charge in [0.1, 0.15) is 29.5 Å². The minimum atomic E-state index is -2.59. The third-order valence-electron chi connectivity index (χ3n) is 10.4. The summed E-state index contributed by atoms with van der Waals surface area (Å²) in [5.41, 5.74) is -1.30. The lowest BCUT2D eigenvalue weighted by Crippen LogP contribution is -2.63. The number of aliphatic hydroxyl groups is 2. The molecular weight excluding hydrogens is 605 g/mol. The minimum absolute atomic E-state index is 0.0129. The molecule has 4 aliphatic rings. The average Bonchev–Trinajstić information content (AvgIpc) is 3.46. The Morgan fingerprint density at radius 1 is 1.04 bits per heavy atom. The van der Waals surface area contributed by atoms with Crippen molar-refractivity contribution in [1.29, 1.82) is 0 Å². The molecule has 3 aliphatic carbocycles. The SMILES string of the molecule is CN(C)[C@@H]1c2onc(OCc3ccccc3)c2C(=O)[C@@]2(O)C(=O)C3=C(O)c4c(c(F)c5ccc(CN6CCC6)cc5c4O)C[C@H]3C[C@@H]12. The molecule has 0 spiro atoms. The van der Waals surface area contributed by atoms with Crippen LogP contribution in [-0.4, -0.2) is 74.6 Å². The summed E-state index contributed by atoms with van der Waals surface area (Å²) in [5, 5.41) is 39.9. The van der Waals surface area contributed by atoms with Gasteiger partial charge >= 0.3 is 0 Å². The summed E-state index contributed by atoms with van der Waals surface area (Å²) in [6, 6.07) is 13.7. The number of aromatic nitrogens is 1. The summed E-state index contributed by atoms with van der Waals surface area (Å²) < 4.78 is 27.8. The van der Waals surface area contributed by atoms with Crippen molar-refractivity contribution in [2.24, 2.45) is 11.8 Å². The van der Waals surface area contributed by atoms with Gasteiger partial charge in [0.2, 0.25) is 11.6 Å². The molecule has 1 saturated carbocycles. The van der Waals surface area contributed by atoms with Crippen molar-refractivity contribution in [3.8, 4) is 11.6 Å². The van der Waals surface area contributed by atoms with Gasteiger partial charge in [0.05, 0.1) is 11.6 Å². The zero-order valence-corrected chi connectivity index (χ0v) is 26.0. The van der Waals surface area contributed by atoms with Gasteiger partial charge < -0.3 is 24.6 Å². The van der Waals surface area contributed by atoms with Gasteiger partial charge in [-0.15, -0.1) is 0 Å². The Morgan fingerprint density at radius 2 is 1.81 bits per heavy atom. The van der Waals surface area contributed by atoms with Crippen molar-refractivity contribution in [2.45, 2.75) is 44.1 Å². The van der Waals surface area contributed by atoms with Crippen LogP contribution in [-0.2, 0) is 24.4 Å². The Balaban J connectivity index is 1.22. The van der Waals surface area contributed by atoms with Crippen LogP contribution in [0.15, 0.2) is 58.6 Å². The average molecular weight is 640 g/mol. The van der Waals surface area contributed by atoms with Gasteiger partial charge in [0.15, 0.2) is 11.4 Å². The second kappa shape index (κ2) is 10.7. The summed E-state index contributed by atoms with van der Waals surface area (Å²) in [6.07, 6.45) is 1.16. The van der Waals surface area contributed by atoms with Crippen molar-refractivity contribution < 1.29 is 38.6 Å². The van der Waals surface area contributed by atoms with E-state index in [0.717, 1.165) is 30.6 Å². The normalized spacial score (nSPS) is 25.3. The number of phenolic OH excluding ortho intramolecular Hbond substituents is 1. The fourth-order valence-electron chi connectivity index (χ4n) is 8.01. The van der Waals surface area contributed by atoms with Gasteiger partial charge in [-0.25, -0.2) is 4.39 Å². The molecule has 8 rings (SSSR count). The van der Waals surface area contributed by atoms with Crippen LogP contribution >= 0.6 is 0 Å². The largest absolute Gasteiger partial charge is 0.507 e. The number of benzene rings is 3. The highest BCUT2D eigenvalue weighted by atomic mass is 19.1. The molecule has 1 aliphatic heterocycles. The molecule has 11 heteroatoms. The number of hydrogen-bond acceptors (Lipinski definition) is 10. The van der Waals surface area contributed by atoms with E-state index >= 15 is 4.39 Å². The number of hydrogen-bond donors (Lipinski definition) is 3. The topological polar surface area (TPSA) is 137 Å². The van der Waals surface area contributed by atoms with E-state index < -0.39 is 46.6 Å². The summed E-state index contributed by atoms with van der Waals surface area (Å²) in [7, 11) is 3.47. The molecule has 3 N–H and O–H groups in total. The number of nitrogens with zero attached hydrogens (tertiary/aromatic N) is 3. The van der Waals surface area contributed by atoms with Gasteiger partial charge in [0.25, 0.3) is 5.88 Å². The molecule has 4 aromatic rings. The Morgan fingerprint density at radius 3 is 2.51 bits per heavy atom. The lowest BCUT2D eigenvalue weighted by molar-refractivity contribution is -0.142. The second-order valence-corrected chi connectivity index (χ2v) is 13.4. The zero-order valence-electron chi connectivity index (χ0n) is 26.0. The number of halogens is 1. The maximum absolute atomic E-state index is 16.2. The fraction of sp³-hybridized carbons (Fsp3) is 0.361. The number of carbonyl (C=O) groups is 2. The molecule has 0 amide bonds. The number of likely N-dealkylation sites (tertiary alicyclic amines) is 1. The van der Waals surface area contributed by atoms with Crippen molar-refractivity contribution in [3.63, 3.8) is 0 Å². The summed E-state index contributed by atoms with van der Waals surface area (Å²) in [5.74, 6) is -5.15. The lowest BCUT2D eigenvalue weighted by Gasteiger charge is -2.49. The Bertz CT molecular complexity index is 2000. The van der Waals surface area contributed by atoms with Crippen LogP contribution in [0.1, 0.15) is 57.3 Å². The molecule has 1 saturated heterocycles. The van der Waals surface area contributed by atoms with Crippen molar-refractivity contribution in [3.05, 3.63) is 93.5 Å². The van der Waals surface area contributed by atoms with Crippen LogP contribution in [0.4, 0.5) is 4.39 Å². The van der Waals surface area contributed by atoms with Gasteiger partial charge in [-0.05, 0) is 74.7 Å². The van der Waals surface area contributed by atoms with Crippen LogP contribution in [0.5, 0.6) is 11.6 Å². The number of ketones is 2. The standard InChI is InChI=1S/C36H34FN3O7/c1-39(2)29-24-15-20-14-23-26(30(41)22-13-19(16-40-11-6-12-40)9-10-21(22)28(23)37)31(42)25(20)33(43)36(24,45)34(44)27-32(29)47-38-35(27)46-17-18-7-4-3-5-8-18/h3-5,7-10,13,20,24,29,41-42,45H,6,11-12,14-17H2,1-2H3/t20-,24-,29-,36-/m0/s1. The van der Waals surface area contributed by atoms with Crippen LogP contribution in [0.2, 0.25) is 0 Å². The molecular formula is C36H34FN3O7. The molecule has 47 heavy (non-hydrogen) atoms. The minimum Gasteiger partial charge on any atom is -0.507 e. The molecule has 10 nitrogen and oxygen atoms in total. The number of fused-ring (bicyclic) bond motifs is 5. The van der Waals surface area contributed by atoms with Crippen LogP contribution < -0.4 is 4.74 Å². The van der Waals surface area contributed by atoms with Gasteiger partial charge in [-0.1, -0.05) is 42.5 Å². The van der Waals surface area contributed by atoms with E-state index in [1.165, 1.54) is 0 Å². The van der Waals surface area contributed by atoms with Gasteiger partial charge in [-0.3, -0.25) is 19.4 Å². The van der Waals surface area contributed by atoms with Crippen molar-refractivity contribution in [1.82, 2.24) is 15.0 Å². The highest BCUT2D eigenvalue weighted by Crippen LogP contribution is 2.56. The highest BCUT2D eigenvalue weighted by Gasteiger charge is 2.65. The number of carbonyl (C=O) groups excluding carboxylic acids is 2. The maximum Gasteiger partial charge on any atom is 0.265 e. The number of aromatic hydroxyl groups is 1. The van der Waals surface area contributed by atoms with Crippen molar-refractivity contribution >= 4 is 28.1 Å². The van der Waals surface area contributed by atoms with E-state index in [4.69, 9.17) is 9.26 Å². The van der Waals surface area contributed by atoms with Crippen molar-refractivity contribution in [2.75, 3.05) is 27.2 Å². The molecule has 242 valence electrons. The summed E-state index contributed by atoms with van der Waals surface area (Å²) in [4.78, 5) is 32.6. The molecule has 3 aromatic carbocycles. The summed E-state index contributed by atoms with van der Waals surface area (Å²) >= 11 is 0. The smallest absolute Gasteiger partial charge is 0.265 e. The number of phenols is 1. The first-order valence-corrected chi connectivity index (χ1v) is 15.9. The summed E-state index contributed by atoms with van der Waals surface area (Å²) in [6.45, 7) is 2.65. The zero-order chi connectivity index (χ0) is 32.8. The Hall–Kier alpha value is -4.58. The number of Topliss-reactive ketones (excluding diaryl/α,β-unsaturated/α-hetero) is 2. The third kappa shape index (κ3) is 4.29. The first-order chi connectivity index (χ1) is 22.6.